The Hall–Kier alpha value is -3.50. The number of nitrogen functional groups attached to an aromatic ring is 2. The Balaban J connectivity index is 1.79. The lowest BCUT2D eigenvalue weighted by molar-refractivity contribution is -0.141. The van der Waals surface area contributed by atoms with Crippen molar-refractivity contribution in [1.29, 1.82) is 5.26 Å². The summed E-state index contributed by atoms with van der Waals surface area (Å²) in [6.07, 6.45) is 0. The first-order chi connectivity index (χ1) is 14.0. The maximum atomic E-state index is 12.1. The van der Waals surface area contributed by atoms with Crippen molar-refractivity contribution in [3.8, 4) is 17.2 Å². The lowest BCUT2D eigenvalue weighted by Crippen LogP contribution is -2.09. The number of anilines is 2. The summed E-state index contributed by atoms with van der Waals surface area (Å²) in [6, 6.07) is 19.2. The van der Waals surface area contributed by atoms with Gasteiger partial charge in [0.15, 0.2) is 0 Å². The maximum absolute atomic E-state index is 12.1. The molecule has 0 fully saturated rings. The predicted molar refractivity (Wildman–Crippen MR) is 115 cm³/mol. The summed E-state index contributed by atoms with van der Waals surface area (Å²) >= 11 is 1.11. The molecule has 0 radical (unpaired) electrons. The second-order valence-electron chi connectivity index (χ2n) is 6.38. The van der Waals surface area contributed by atoms with Crippen molar-refractivity contribution in [2.75, 3.05) is 17.2 Å². The largest absolute Gasteiger partial charge is 0.460 e. The molecular weight excluding hydrogens is 384 g/mol. The van der Waals surface area contributed by atoms with Gasteiger partial charge < -0.3 is 16.2 Å². The molecule has 6 nitrogen and oxygen atoms in total. The van der Waals surface area contributed by atoms with Crippen molar-refractivity contribution in [3.63, 3.8) is 0 Å². The third-order valence-electron chi connectivity index (χ3n) is 4.25. The molecule has 146 valence electrons. The quantitative estimate of drug-likeness (QED) is 0.472. The highest BCUT2D eigenvalue weighted by Gasteiger charge is 2.19. The molecule has 7 heteroatoms. The van der Waals surface area contributed by atoms with Crippen molar-refractivity contribution in [1.82, 2.24) is 4.98 Å². The van der Waals surface area contributed by atoms with Crippen molar-refractivity contribution in [2.45, 2.75) is 18.6 Å². The highest BCUT2D eigenvalue weighted by atomic mass is 32.2. The van der Waals surface area contributed by atoms with Gasteiger partial charge in [0, 0.05) is 5.56 Å². The Morgan fingerprint density at radius 3 is 2.48 bits per heavy atom. The van der Waals surface area contributed by atoms with Crippen LogP contribution in [0, 0.1) is 18.3 Å². The second-order valence-corrected chi connectivity index (χ2v) is 7.34. The van der Waals surface area contributed by atoms with Crippen molar-refractivity contribution < 1.29 is 9.53 Å². The maximum Gasteiger partial charge on any atom is 0.316 e. The summed E-state index contributed by atoms with van der Waals surface area (Å²) in [6.45, 7) is 2.17. The van der Waals surface area contributed by atoms with E-state index in [1.807, 2.05) is 61.5 Å². The lowest BCUT2D eigenvalue weighted by atomic mass is 9.99. The fourth-order valence-corrected chi connectivity index (χ4v) is 3.52. The molecule has 3 aromatic rings. The smallest absolute Gasteiger partial charge is 0.316 e. The molecule has 0 unspecified atom stereocenters. The first kappa shape index (κ1) is 20.2. The molecule has 4 N–H and O–H groups in total. The molecule has 29 heavy (non-hydrogen) atoms. The van der Waals surface area contributed by atoms with Crippen LogP contribution in [0.1, 0.15) is 16.7 Å². The Bertz CT molecular complexity index is 1060. The van der Waals surface area contributed by atoms with Crippen LogP contribution in [0.5, 0.6) is 0 Å². The minimum Gasteiger partial charge on any atom is -0.460 e. The number of pyridine rings is 1. The van der Waals surface area contributed by atoms with Crippen LogP contribution in [-0.2, 0) is 16.1 Å². The number of nitrogens with zero attached hydrogens (tertiary/aromatic N) is 2. The number of aromatic nitrogens is 1. The van der Waals surface area contributed by atoms with Crippen LogP contribution in [0.2, 0.25) is 0 Å². The average Bonchev–Trinajstić information content (AvgIpc) is 2.74. The lowest BCUT2D eigenvalue weighted by Gasteiger charge is -2.14. The molecule has 0 amide bonds. The van der Waals surface area contributed by atoms with Gasteiger partial charge in [0.25, 0.3) is 0 Å². The number of hydrogen-bond donors (Lipinski definition) is 2. The van der Waals surface area contributed by atoms with Crippen LogP contribution in [0.15, 0.2) is 59.6 Å². The molecule has 0 aliphatic heterocycles. The van der Waals surface area contributed by atoms with E-state index in [1.54, 1.807) is 0 Å². The topological polar surface area (TPSA) is 115 Å². The number of nitriles is 1. The summed E-state index contributed by atoms with van der Waals surface area (Å²) in [5.41, 5.74) is 15.9. The van der Waals surface area contributed by atoms with Gasteiger partial charge in [0.05, 0.1) is 17.0 Å². The van der Waals surface area contributed by atoms with Gasteiger partial charge in [-0.1, -0.05) is 71.9 Å². The van der Waals surface area contributed by atoms with Gasteiger partial charge in [-0.05, 0) is 18.1 Å². The van der Waals surface area contributed by atoms with E-state index < -0.39 is 5.97 Å². The molecule has 0 saturated heterocycles. The fraction of sp³-hybridized carbons (Fsp3) is 0.136. The molecule has 2 aromatic carbocycles. The average molecular weight is 404 g/mol. The molecule has 0 saturated carbocycles. The van der Waals surface area contributed by atoms with Gasteiger partial charge in [-0.2, -0.15) is 5.26 Å². The van der Waals surface area contributed by atoms with Crippen molar-refractivity contribution >= 4 is 29.2 Å². The molecule has 0 spiro atoms. The van der Waals surface area contributed by atoms with E-state index in [0.717, 1.165) is 28.5 Å². The summed E-state index contributed by atoms with van der Waals surface area (Å²) in [7, 11) is 0. The van der Waals surface area contributed by atoms with E-state index in [0.29, 0.717) is 16.2 Å². The molecule has 0 aliphatic rings. The summed E-state index contributed by atoms with van der Waals surface area (Å²) in [5.74, 6) is -0.276. The van der Waals surface area contributed by atoms with Crippen LogP contribution >= 0.6 is 11.8 Å². The fourth-order valence-electron chi connectivity index (χ4n) is 2.73. The van der Waals surface area contributed by atoms with E-state index in [2.05, 4.69) is 11.1 Å². The number of nitrogens with two attached hydrogens (primary N) is 2. The number of carbonyl (C=O) groups excluding carboxylic acids is 1. The Morgan fingerprint density at radius 2 is 1.83 bits per heavy atom. The van der Waals surface area contributed by atoms with E-state index in [1.165, 1.54) is 0 Å². The minimum absolute atomic E-state index is 0.00517. The van der Waals surface area contributed by atoms with E-state index in [4.69, 9.17) is 16.2 Å². The monoisotopic (exact) mass is 404 g/mol. The highest BCUT2D eigenvalue weighted by molar-refractivity contribution is 7.99. The zero-order valence-electron chi connectivity index (χ0n) is 15.9. The zero-order chi connectivity index (χ0) is 20.8. The van der Waals surface area contributed by atoms with Crippen molar-refractivity contribution in [3.05, 3.63) is 71.3 Å². The van der Waals surface area contributed by atoms with Gasteiger partial charge in [0.1, 0.15) is 23.5 Å². The number of rotatable bonds is 6. The summed E-state index contributed by atoms with van der Waals surface area (Å²) < 4.78 is 5.28. The van der Waals surface area contributed by atoms with E-state index >= 15 is 0 Å². The number of aryl methyl sites for hydroxylation is 1. The van der Waals surface area contributed by atoms with Crippen LogP contribution in [0.4, 0.5) is 11.5 Å². The van der Waals surface area contributed by atoms with Crippen LogP contribution < -0.4 is 11.5 Å². The zero-order valence-corrected chi connectivity index (χ0v) is 16.7. The minimum atomic E-state index is -0.406. The second kappa shape index (κ2) is 9.13. The molecule has 0 atom stereocenters. The van der Waals surface area contributed by atoms with Crippen LogP contribution in [0.25, 0.3) is 11.1 Å². The summed E-state index contributed by atoms with van der Waals surface area (Å²) in [5, 5.41) is 10.1. The number of hydrogen-bond acceptors (Lipinski definition) is 7. The molecule has 1 aromatic heterocycles. The first-order valence-electron chi connectivity index (χ1n) is 8.88. The van der Waals surface area contributed by atoms with E-state index in [9.17, 15) is 10.1 Å². The third-order valence-corrected chi connectivity index (χ3v) is 5.20. The predicted octanol–water partition coefficient (Wildman–Crippen LogP) is 3.93. The van der Waals surface area contributed by atoms with Gasteiger partial charge in [-0.25, -0.2) is 4.98 Å². The van der Waals surface area contributed by atoms with Gasteiger partial charge in [0.2, 0.25) is 0 Å². The van der Waals surface area contributed by atoms with Crippen molar-refractivity contribution in [2.24, 2.45) is 0 Å². The number of esters is 1. The van der Waals surface area contributed by atoms with Gasteiger partial charge >= 0.3 is 5.97 Å². The molecule has 1 heterocycles. The number of carbonyl (C=O) groups is 1. The number of thioether (sulfide) groups is 1. The van der Waals surface area contributed by atoms with Gasteiger partial charge in [-0.3, -0.25) is 4.79 Å². The highest BCUT2D eigenvalue weighted by Crippen LogP contribution is 2.37. The molecule has 0 bridgehead atoms. The standard InChI is InChI=1S/C22H20N4O2S/c1-14-7-9-16(10-8-14)19-17(11-23)22(26-21(25)20(19)24)29-13-18(27)28-12-15-5-3-2-4-6-15/h2-10H,12-13,24H2,1H3,(H2,25,26). The molecular formula is C22H20N4O2S. The SMILES string of the molecule is Cc1ccc(-c2c(N)c(N)nc(SCC(=O)OCc3ccccc3)c2C#N)cc1. The van der Waals surface area contributed by atoms with E-state index in [-0.39, 0.29) is 23.9 Å². The number of benzene rings is 2. The molecule has 0 aliphatic carbocycles. The normalized spacial score (nSPS) is 10.3. The Kier molecular flexibility index (Phi) is 6.37. The van der Waals surface area contributed by atoms with Crippen LogP contribution in [0.3, 0.4) is 0 Å². The Morgan fingerprint density at radius 1 is 1.14 bits per heavy atom. The van der Waals surface area contributed by atoms with Crippen LogP contribution in [-0.4, -0.2) is 16.7 Å². The Labute approximate surface area is 173 Å². The first-order valence-corrected chi connectivity index (χ1v) is 9.86. The third kappa shape index (κ3) is 4.86. The molecule has 3 rings (SSSR count). The summed E-state index contributed by atoms with van der Waals surface area (Å²) in [4.78, 5) is 16.3. The number of ether oxygens (including phenoxy) is 1. The van der Waals surface area contributed by atoms with Gasteiger partial charge in [-0.15, -0.1) is 0 Å².